The highest BCUT2D eigenvalue weighted by molar-refractivity contribution is 7.99. The van der Waals surface area contributed by atoms with Crippen molar-refractivity contribution in [1.29, 1.82) is 0 Å². The molecule has 1 atom stereocenters. The third-order valence-electron chi connectivity index (χ3n) is 2.66. The van der Waals surface area contributed by atoms with Crippen molar-refractivity contribution >= 4 is 23.8 Å². The number of alkyl carbamates (subject to hydrolysis) is 1. The molecule has 0 saturated heterocycles. The van der Waals surface area contributed by atoms with Gasteiger partial charge in [-0.25, -0.2) is 9.59 Å². The van der Waals surface area contributed by atoms with Crippen molar-refractivity contribution in [1.82, 2.24) is 5.32 Å². The number of rotatable bonds is 8. The summed E-state index contributed by atoms with van der Waals surface area (Å²) in [5, 5.41) is 12.1. The zero-order valence-corrected chi connectivity index (χ0v) is 13.9. The van der Waals surface area contributed by atoms with E-state index in [4.69, 9.17) is 9.84 Å². The van der Waals surface area contributed by atoms with Gasteiger partial charge < -0.3 is 15.2 Å². The Kier molecular flexibility index (Phi) is 8.69. The number of carbonyl (C=O) groups is 2. The number of hydrogen-bond acceptors (Lipinski definition) is 4. The summed E-state index contributed by atoms with van der Waals surface area (Å²) in [6, 6.07) is -0.897. The van der Waals surface area contributed by atoms with Gasteiger partial charge in [0.1, 0.15) is 11.6 Å². The second kappa shape index (κ2) is 9.10. The molecule has 0 fully saturated rings. The first kappa shape index (κ1) is 19.1. The van der Waals surface area contributed by atoms with E-state index >= 15 is 0 Å². The highest BCUT2D eigenvalue weighted by Gasteiger charge is 2.23. The standard InChI is InChI=1S/C14H27NO4S/c1-6-10(7-2)20-9-8-11(12(16)17)15-13(18)19-14(3,4)5/h10-11H,6-9H2,1-5H3,(H,15,18)(H,16,17). The molecule has 0 bridgehead atoms. The van der Waals surface area contributed by atoms with Crippen molar-refractivity contribution in [3.63, 3.8) is 0 Å². The number of carbonyl (C=O) groups excluding carboxylic acids is 1. The number of thioether (sulfide) groups is 1. The van der Waals surface area contributed by atoms with E-state index in [0.29, 0.717) is 17.4 Å². The van der Waals surface area contributed by atoms with Gasteiger partial charge in [0, 0.05) is 5.25 Å². The predicted octanol–water partition coefficient (Wildman–Crippen LogP) is 3.28. The maximum atomic E-state index is 11.6. The number of aliphatic carboxylic acids is 1. The SMILES string of the molecule is CCC(CC)SCCC(NC(=O)OC(C)(C)C)C(=O)O. The van der Waals surface area contributed by atoms with Crippen LogP contribution in [0.2, 0.25) is 0 Å². The molecule has 0 aliphatic heterocycles. The van der Waals surface area contributed by atoms with Crippen LogP contribution in [0.15, 0.2) is 0 Å². The van der Waals surface area contributed by atoms with Crippen LogP contribution in [-0.2, 0) is 9.53 Å². The van der Waals surface area contributed by atoms with Crippen molar-refractivity contribution in [3.05, 3.63) is 0 Å². The number of hydrogen-bond donors (Lipinski definition) is 2. The second-order valence-corrected chi connectivity index (χ2v) is 7.04. The fourth-order valence-corrected chi connectivity index (χ4v) is 2.76. The minimum atomic E-state index is -1.03. The van der Waals surface area contributed by atoms with Crippen molar-refractivity contribution in [3.8, 4) is 0 Å². The number of nitrogens with one attached hydrogen (secondary N) is 1. The molecular weight excluding hydrogens is 278 g/mol. The summed E-state index contributed by atoms with van der Waals surface area (Å²) in [6.45, 7) is 9.46. The Bertz CT molecular complexity index is 311. The highest BCUT2D eigenvalue weighted by Crippen LogP contribution is 2.19. The van der Waals surface area contributed by atoms with Gasteiger partial charge in [0.15, 0.2) is 0 Å². The maximum absolute atomic E-state index is 11.6. The molecule has 0 aliphatic carbocycles. The molecule has 6 heteroatoms. The minimum absolute atomic E-state index is 0.399. The molecule has 0 aromatic carbocycles. The predicted molar refractivity (Wildman–Crippen MR) is 82.2 cm³/mol. The molecule has 1 unspecified atom stereocenters. The Morgan fingerprint density at radius 2 is 1.80 bits per heavy atom. The van der Waals surface area contributed by atoms with Gasteiger partial charge in [0.05, 0.1) is 0 Å². The Balaban J connectivity index is 4.24. The quantitative estimate of drug-likeness (QED) is 0.720. The molecule has 0 rings (SSSR count). The van der Waals surface area contributed by atoms with E-state index in [1.165, 1.54) is 0 Å². The average Bonchev–Trinajstić information content (AvgIpc) is 2.30. The summed E-state index contributed by atoms with van der Waals surface area (Å²) >= 11 is 1.75. The molecular formula is C14H27NO4S. The monoisotopic (exact) mass is 305 g/mol. The maximum Gasteiger partial charge on any atom is 0.408 e. The van der Waals surface area contributed by atoms with Crippen LogP contribution in [0.3, 0.4) is 0 Å². The highest BCUT2D eigenvalue weighted by atomic mass is 32.2. The normalized spacial score (nSPS) is 13.1. The average molecular weight is 305 g/mol. The molecule has 2 N–H and O–H groups in total. The van der Waals surface area contributed by atoms with Crippen molar-refractivity contribution in [2.75, 3.05) is 5.75 Å². The first-order chi connectivity index (χ1) is 9.19. The summed E-state index contributed by atoms with van der Waals surface area (Å²) in [6.07, 6.45) is 1.85. The third kappa shape index (κ3) is 9.07. The third-order valence-corrected chi connectivity index (χ3v) is 4.27. The Labute approximate surface area is 125 Å². The van der Waals surface area contributed by atoms with Gasteiger partial charge in [-0.05, 0) is 45.8 Å². The van der Waals surface area contributed by atoms with Crippen LogP contribution in [0.5, 0.6) is 0 Å². The molecule has 0 aliphatic rings. The van der Waals surface area contributed by atoms with E-state index in [0.717, 1.165) is 12.8 Å². The lowest BCUT2D eigenvalue weighted by atomic mass is 10.2. The molecule has 1 amide bonds. The van der Waals surface area contributed by atoms with E-state index < -0.39 is 23.7 Å². The molecule has 0 heterocycles. The van der Waals surface area contributed by atoms with Gasteiger partial charge >= 0.3 is 12.1 Å². The van der Waals surface area contributed by atoms with Crippen LogP contribution >= 0.6 is 11.8 Å². The minimum Gasteiger partial charge on any atom is -0.480 e. The van der Waals surface area contributed by atoms with Gasteiger partial charge in [0.2, 0.25) is 0 Å². The molecule has 5 nitrogen and oxygen atoms in total. The zero-order chi connectivity index (χ0) is 15.8. The van der Waals surface area contributed by atoms with Crippen LogP contribution in [0.25, 0.3) is 0 Å². The van der Waals surface area contributed by atoms with Gasteiger partial charge in [0.25, 0.3) is 0 Å². The summed E-state index contributed by atoms with van der Waals surface area (Å²) in [4.78, 5) is 22.7. The van der Waals surface area contributed by atoms with Gasteiger partial charge in [-0.2, -0.15) is 11.8 Å². The Morgan fingerprint density at radius 1 is 1.25 bits per heavy atom. The molecule has 0 aromatic heterocycles. The topological polar surface area (TPSA) is 75.6 Å². The summed E-state index contributed by atoms with van der Waals surface area (Å²) in [5.41, 5.74) is -0.628. The molecule has 118 valence electrons. The van der Waals surface area contributed by atoms with Crippen LogP contribution in [0.4, 0.5) is 4.79 Å². The van der Waals surface area contributed by atoms with Crippen molar-refractivity contribution in [2.24, 2.45) is 0 Å². The van der Waals surface area contributed by atoms with Gasteiger partial charge in [-0.3, -0.25) is 0 Å². The van der Waals surface area contributed by atoms with Gasteiger partial charge in [-0.15, -0.1) is 0 Å². The number of ether oxygens (including phenoxy) is 1. The van der Waals surface area contributed by atoms with Gasteiger partial charge in [-0.1, -0.05) is 13.8 Å². The number of carboxylic acid groups (broad SMARTS) is 1. The smallest absolute Gasteiger partial charge is 0.408 e. The van der Waals surface area contributed by atoms with E-state index in [9.17, 15) is 9.59 Å². The summed E-state index contributed by atoms with van der Waals surface area (Å²) < 4.78 is 5.07. The molecule has 0 aromatic rings. The zero-order valence-electron chi connectivity index (χ0n) is 13.1. The summed E-state index contributed by atoms with van der Waals surface area (Å²) in [5.74, 6) is -0.319. The molecule has 0 saturated carbocycles. The molecule has 0 radical (unpaired) electrons. The van der Waals surface area contributed by atoms with Crippen LogP contribution in [0.1, 0.15) is 53.9 Å². The number of carboxylic acids is 1. The largest absolute Gasteiger partial charge is 0.480 e. The van der Waals surface area contributed by atoms with E-state index in [1.54, 1.807) is 32.5 Å². The lowest BCUT2D eigenvalue weighted by Crippen LogP contribution is -2.43. The molecule has 0 spiro atoms. The first-order valence-electron chi connectivity index (χ1n) is 7.03. The summed E-state index contributed by atoms with van der Waals surface area (Å²) in [7, 11) is 0. The second-order valence-electron chi connectivity index (χ2n) is 5.64. The van der Waals surface area contributed by atoms with Crippen LogP contribution in [0, 0.1) is 0 Å². The lowest BCUT2D eigenvalue weighted by Gasteiger charge is -2.22. The number of amides is 1. The van der Waals surface area contributed by atoms with Crippen molar-refractivity contribution in [2.45, 2.75) is 70.8 Å². The fourth-order valence-electron chi connectivity index (χ4n) is 1.58. The Morgan fingerprint density at radius 3 is 2.20 bits per heavy atom. The lowest BCUT2D eigenvalue weighted by molar-refractivity contribution is -0.139. The van der Waals surface area contributed by atoms with E-state index in [2.05, 4.69) is 19.2 Å². The molecule has 20 heavy (non-hydrogen) atoms. The van der Waals surface area contributed by atoms with Crippen LogP contribution < -0.4 is 5.32 Å². The Hall–Kier alpha value is -0.910. The van der Waals surface area contributed by atoms with E-state index in [-0.39, 0.29) is 0 Å². The first-order valence-corrected chi connectivity index (χ1v) is 8.08. The fraction of sp³-hybridized carbons (Fsp3) is 0.857. The van der Waals surface area contributed by atoms with E-state index in [1.807, 2.05) is 0 Å². The van der Waals surface area contributed by atoms with Crippen molar-refractivity contribution < 1.29 is 19.4 Å². The van der Waals surface area contributed by atoms with Crippen LogP contribution in [-0.4, -0.2) is 39.8 Å².